The molecule has 0 aliphatic carbocycles. The Morgan fingerprint density at radius 3 is 2.61 bits per heavy atom. The third-order valence-corrected chi connectivity index (χ3v) is 7.55. The van der Waals surface area contributed by atoms with Crippen molar-refractivity contribution in [1.82, 2.24) is 4.90 Å². The molecule has 7 heteroatoms. The van der Waals surface area contributed by atoms with Crippen molar-refractivity contribution in [3.05, 3.63) is 59.4 Å². The third-order valence-electron chi connectivity index (χ3n) is 7.55. The molecule has 6 nitrogen and oxygen atoms in total. The Balaban J connectivity index is 1.55. The maximum Gasteiger partial charge on any atom is 0.250 e. The van der Waals surface area contributed by atoms with Gasteiger partial charge < -0.3 is 5.32 Å². The minimum absolute atomic E-state index is 0.158. The van der Waals surface area contributed by atoms with Crippen LogP contribution < -0.4 is 10.2 Å². The fraction of sp³-hybridized carbons (Fsp3) is 0.375. The summed E-state index contributed by atoms with van der Waals surface area (Å²) in [6, 6.07) is 11.1. The molecular weight excluding hydrogens is 397 g/mol. The van der Waals surface area contributed by atoms with Crippen molar-refractivity contribution in [2.75, 3.05) is 16.8 Å². The fourth-order valence-corrected chi connectivity index (χ4v) is 6.31. The number of rotatable bonds is 2. The highest BCUT2D eigenvalue weighted by atomic mass is 19.1. The van der Waals surface area contributed by atoms with Crippen LogP contribution in [0.5, 0.6) is 0 Å². The van der Waals surface area contributed by atoms with Gasteiger partial charge in [0.05, 0.1) is 17.5 Å². The number of hydrogen-bond acceptors (Lipinski definition) is 4. The number of nitrogens with one attached hydrogen (secondary N) is 1. The normalized spacial score (nSPS) is 31.4. The maximum absolute atomic E-state index is 13.8. The van der Waals surface area contributed by atoms with E-state index in [4.69, 9.17) is 0 Å². The third kappa shape index (κ3) is 2.17. The Labute approximate surface area is 179 Å². The van der Waals surface area contributed by atoms with Gasteiger partial charge in [-0.25, -0.2) is 9.29 Å². The molecule has 0 radical (unpaired) electrons. The molecule has 6 rings (SSSR count). The number of anilines is 2. The van der Waals surface area contributed by atoms with Crippen LogP contribution in [0.1, 0.15) is 30.9 Å². The van der Waals surface area contributed by atoms with Gasteiger partial charge in [0.25, 0.3) is 0 Å². The number of hydrogen-bond donors (Lipinski definition) is 1. The second kappa shape index (κ2) is 6.23. The lowest BCUT2D eigenvalue weighted by Crippen LogP contribution is -2.54. The maximum atomic E-state index is 13.8. The zero-order valence-electron chi connectivity index (χ0n) is 17.1. The number of carbonyl (C=O) groups excluding carboxylic acids is 3. The van der Waals surface area contributed by atoms with Gasteiger partial charge in [-0.15, -0.1) is 0 Å². The summed E-state index contributed by atoms with van der Waals surface area (Å²) in [4.78, 5) is 44.2. The van der Waals surface area contributed by atoms with E-state index in [-0.39, 0.29) is 23.8 Å². The van der Waals surface area contributed by atoms with Crippen LogP contribution >= 0.6 is 0 Å². The number of benzene rings is 2. The molecule has 2 aromatic rings. The van der Waals surface area contributed by atoms with Gasteiger partial charge in [-0.05, 0) is 61.7 Å². The lowest BCUT2D eigenvalue weighted by Gasteiger charge is -2.36. The van der Waals surface area contributed by atoms with Crippen LogP contribution in [-0.4, -0.2) is 35.2 Å². The SMILES string of the molecule is CCc1ccc2c(c1)C1(C(=O)N2)C2C(=O)N(c3ccc(F)cc3)C(=O)C2C2CCCN21. The number of amides is 3. The summed E-state index contributed by atoms with van der Waals surface area (Å²) in [7, 11) is 0. The number of aryl methyl sites for hydroxylation is 1. The molecule has 158 valence electrons. The van der Waals surface area contributed by atoms with Crippen molar-refractivity contribution in [3.63, 3.8) is 0 Å². The summed E-state index contributed by atoms with van der Waals surface area (Å²) in [5.74, 6) is -2.69. The quantitative estimate of drug-likeness (QED) is 0.760. The van der Waals surface area contributed by atoms with E-state index in [1.54, 1.807) is 0 Å². The van der Waals surface area contributed by atoms with Crippen LogP contribution in [0.15, 0.2) is 42.5 Å². The molecule has 3 amide bonds. The average molecular weight is 419 g/mol. The summed E-state index contributed by atoms with van der Waals surface area (Å²) >= 11 is 0. The minimum Gasteiger partial charge on any atom is -0.324 e. The fourth-order valence-electron chi connectivity index (χ4n) is 6.31. The Kier molecular flexibility index (Phi) is 3.76. The largest absolute Gasteiger partial charge is 0.324 e. The molecule has 2 aromatic carbocycles. The lowest BCUT2D eigenvalue weighted by atomic mass is 9.75. The smallest absolute Gasteiger partial charge is 0.250 e. The first-order chi connectivity index (χ1) is 15.0. The van der Waals surface area contributed by atoms with Gasteiger partial charge >= 0.3 is 0 Å². The molecule has 0 saturated carbocycles. The minimum atomic E-state index is -1.17. The summed E-state index contributed by atoms with van der Waals surface area (Å²) in [6.07, 6.45) is 2.46. The highest BCUT2D eigenvalue weighted by molar-refractivity contribution is 6.25. The van der Waals surface area contributed by atoms with Crippen molar-refractivity contribution in [2.45, 2.75) is 37.8 Å². The Morgan fingerprint density at radius 1 is 1.10 bits per heavy atom. The van der Waals surface area contributed by atoms with Crippen molar-refractivity contribution in [1.29, 1.82) is 0 Å². The van der Waals surface area contributed by atoms with Crippen LogP contribution in [0.25, 0.3) is 0 Å². The summed E-state index contributed by atoms with van der Waals surface area (Å²) in [6.45, 7) is 2.73. The van der Waals surface area contributed by atoms with E-state index in [1.807, 2.05) is 18.2 Å². The van der Waals surface area contributed by atoms with Crippen molar-refractivity contribution in [3.8, 4) is 0 Å². The van der Waals surface area contributed by atoms with E-state index in [1.165, 1.54) is 29.2 Å². The molecule has 3 fully saturated rings. The number of halogens is 1. The van der Waals surface area contributed by atoms with E-state index in [0.717, 1.165) is 30.4 Å². The Bertz CT molecular complexity index is 1150. The van der Waals surface area contributed by atoms with Gasteiger partial charge in [0.2, 0.25) is 17.7 Å². The molecule has 0 bridgehead atoms. The highest BCUT2D eigenvalue weighted by Gasteiger charge is 2.74. The first-order valence-corrected chi connectivity index (χ1v) is 10.8. The molecule has 1 spiro atoms. The second-order valence-corrected chi connectivity index (χ2v) is 8.85. The zero-order valence-corrected chi connectivity index (χ0v) is 17.1. The van der Waals surface area contributed by atoms with Crippen molar-refractivity contribution in [2.24, 2.45) is 11.8 Å². The molecule has 1 N–H and O–H groups in total. The molecular formula is C24H22FN3O3. The van der Waals surface area contributed by atoms with Crippen LogP contribution in [0, 0.1) is 17.7 Å². The van der Waals surface area contributed by atoms with E-state index >= 15 is 0 Å². The van der Waals surface area contributed by atoms with E-state index < -0.39 is 23.2 Å². The van der Waals surface area contributed by atoms with Crippen LogP contribution in [-0.2, 0) is 26.3 Å². The molecule has 4 atom stereocenters. The predicted octanol–water partition coefficient (Wildman–Crippen LogP) is 2.82. The number of nitrogens with zero attached hydrogens (tertiary/aromatic N) is 2. The molecule has 4 aliphatic heterocycles. The molecule has 4 unspecified atom stereocenters. The van der Waals surface area contributed by atoms with Gasteiger partial charge in [0.1, 0.15) is 11.4 Å². The van der Waals surface area contributed by atoms with Crippen molar-refractivity contribution < 1.29 is 18.8 Å². The first-order valence-electron chi connectivity index (χ1n) is 10.8. The topological polar surface area (TPSA) is 69.7 Å². The predicted molar refractivity (Wildman–Crippen MR) is 112 cm³/mol. The molecule has 4 aliphatic rings. The van der Waals surface area contributed by atoms with E-state index in [9.17, 15) is 18.8 Å². The first kappa shape index (κ1) is 18.7. The molecule has 4 heterocycles. The van der Waals surface area contributed by atoms with E-state index in [0.29, 0.717) is 17.9 Å². The number of fused-ring (bicyclic) bond motifs is 7. The van der Waals surface area contributed by atoms with Crippen LogP contribution in [0.4, 0.5) is 15.8 Å². The monoisotopic (exact) mass is 419 g/mol. The Morgan fingerprint density at radius 2 is 1.87 bits per heavy atom. The molecule has 3 saturated heterocycles. The number of imide groups is 1. The van der Waals surface area contributed by atoms with E-state index in [2.05, 4.69) is 17.1 Å². The number of carbonyl (C=O) groups is 3. The van der Waals surface area contributed by atoms with Crippen LogP contribution in [0.2, 0.25) is 0 Å². The lowest BCUT2D eigenvalue weighted by molar-refractivity contribution is -0.135. The molecule has 31 heavy (non-hydrogen) atoms. The van der Waals surface area contributed by atoms with Gasteiger partial charge in [0.15, 0.2) is 0 Å². The summed E-state index contributed by atoms with van der Waals surface area (Å²) < 4.78 is 13.5. The summed E-state index contributed by atoms with van der Waals surface area (Å²) in [5.41, 5.74) is 1.79. The average Bonchev–Trinajstić information content (AvgIpc) is 3.47. The molecule has 0 aromatic heterocycles. The van der Waals surface area contributed by atoms with Gasteiger partial charge in [-0.3, -0.25) is 19.3 Å². The zero-order chi connectivity index (χ0) is 21.5. The second-order valence-electron chi connectivity index (χ2n) is 8.85. The van der Waals surface area contributed by atoms with Crippen LogP contribution in [0.3, 0.4) is 0 Å². The van der Waals surface area contributed by atoms with Gasteiger partial charge in [-0.2, -0.15) is 0 Å². The summed E-state index contributed by atoms with van der Waals surface area (Å²) in [5, 5.41) is 2.99. The standard InChI is InChI=1S/C24H22FN3O3/c1-2-13-5-10-17-16(12-13)24(23(31)26-17)20-19(18-4-3-11-27(18)24)21(29)28(22(20)30)15-8-6-14(25)7-9-15/h5-10,12,18-20H,2-4,11H2,1H3,(H,26,31). The Hall–Kier alpha value is -3.06. The van der Waals surface area contributed by atoms with Gasteiger partial charge in [-0.1, -0.05) is 19.1 Å². The van der Waals surface area contributed by atoms with Gasteiger partial charge in [0, 0.05) is 17.3 Å². The van der Waals surface area contributed by atoms with Crippen molar-refractivity contribution >= 4 is 29.1 Å². The highest BCUT2D eigenvalue weighted by Crippen LogP contribution is 2.60.